The van der Waals surface area contributed by atoms with Gasteiger partial charge in [0.2, 0.25) is 11.8 Å². The fourth-order valence-corrected chi connectivity index (χ4v) is 5.50. The summed E-state index contributed by atoms with van der Waals surface area (Å²) in [5.41, 5.74) is 0.276. The van der Waals surface area contributed by atoms with Gasteiger partial charge in [-0.2, -0.15) is 11.3 Å². The van der Waals surface area contributed by atoms with Gasteiger partial charge in [-0.25, -0.2) is 0 Å². The Bertz CT molecular complexity index is 757. The maximum absolute atomic E-state index is 12.4. The fourth-order valence-electron chi connectivity index (χ4n) is 3.20. The molecule has 1 aromatic rings. The van der Waals surface area contributed by atoms with Gasteiger partial charge in [-0.1, -0.05) is 0 Å². The van der Waals surface area contributed by atoms with Crippen LogP contribution in [0, 0.1) is 0 Å². The number of aliphatic carboxylic acids is 2. The molecule has 27 heavy (non-hydrogen) atoms. The van der Waals surface area contributed by atoms with Crippen molar-refractivity contribution >= 4 is 46.9 Å². The van der Waals surface area contributed by atoms with Gasteiger partial charge in [0.05, 0.1) is 18.0 Å². The molecule has 0 spiro atoms. The van der Waals surface area contributed by atoms with Crippen molar-refractivity contribution < 1.29 is 88.5 Å². The standard InChI is InChI=1S/C15H16N2O6S2.2Na/c1-15(2)9(14(22)23)17-11(19)8(12(17)25-15)16-10(18)7(13(20)21)6-3-4-24-5-6;;/h3-5,7-9,12H,1-2H3,(H,16,18)(H,20,21)(H,22,23);;/q;2*+1/p-2/t7-,8-,9+,12+;;/m1../s1. The molecule has 2 saturated heterocycles. The molecule has 4 atom stereocenters. The van der Waals surface area contributed by atoms with E-state index in [1.54, 1.807) is 19.2 Å². The minimum Gasteiger partial charge on any atom is -0.549 e. The largest absolute Gasteiger partial charge is 1.00 e. The molecular formula is C15H14N2Na2O6S2. The average Bonchev–Trinajstić information content (AvgIpc) is 3.09. The molecule has 8 nitrogen and oxygen atoms in total. The molecule has 3 rings (SSSR count). The van der Waals surface area contributed by atoms with E-state index in [0.29, 0.717) is 0 Å². The van der Waals surface area contributed by atoms with Gasteiger partial charge in [-0.15, -0.1) is 11.8 Å². The van der Waals surface area contributed by atoms with Crippen LogP contribution in [0.15, 0.2) is 16.8 Å². The molecule has 0 bridgehead atoms. The molecule has 1 aromatic heterocycles. The number of carbonyl (C=O) groups is 4. The average molecular weight is 428 g/mol. The van der Waals surface area contributed by atoms with Crippen LogP contribution in [-0.2, 0) is 19.2 Å². The number of β-lactam (4-membered cyclic amide) rings is 1. The SMILES string of the molecule is CC1(C)S[C@H]2[C@H](NC(=O)[C@H](C(=O)[O-])c3ccsc3)C(=O)N2[C@H]1C(=O)[O-].[Na+].[Na+]. The first-order chi connectivity index (χ1) is 11.6. The van der Waals surface area contributed by atoms with Gasteiger partial charge in [-0.3, -0.25) is 9.59 Å². The van der Waals surface area contributed by atoms with Gasteiger partial charge < -0.3 is 30.0 Å². The number of hydrogen-bond donors (Lipinski definition) is 1. The number of carbonyl (C=O) groups excluding carboxylic acids is 4. The van der Waals surface area contributed by atoms with Crippen molar-refractivity contribution in [3.8, 4) is 0 Å². The molecule has 0 radical (unpaired) electrons. The van der Waals surface area contributed by atoms with E-state index in [9.17, 15) is 29.4 Å². The van der Waals surface area contributed by atoms with Crippen LogP contribution in [0.3, 0.4) is 0 Å². The number of carboxylic acids is 2. The van der Waals surface area contributed by atoms with Gasteiger partial charge in [0, 0.05) is 4.75 Å². The number of rotatable bonds is 5. The van der Waals surface area contributed by atoms with Crippen LogP contribution >= 0.6 is 23.1 Å². The predicted octanol–water partition coefficient (Wildman–Crippen LogP) is -8.11. The summed E-state index contributed by atoms with van der Waals surface area (Å²) in [6, 6.07) is -0.572. The van der Waals surface area contributed by atoms with Gasteiger partial charge in [0.25, 0.3) is 0 Å². The van der Waals surface area contributed by atoms with Crippen LogP contribution in [0.25, 0.3) is 0 Å². The number of nitrogens with one attached hydrogen (secondary N) is 1. The number of amides is 2. The van der Waals surface area contributed by atoms with Gasteiger partial charge >= 0.3 is 59.1 Å². The summed E-state index contributed by atoms with van der Waals surface area (Å²) >= 11 is 2.47. The Kier molecular flexibility index (Phi) is 8.48. The zero-order valence-corrected chi connectivity index (χ0v) is 20.9. The van der Waals surface area contributed by atoms with E-state index < -0.39 is 51.9 Å². The van der Waals surface area contributed by atoms with E-state index in [1.807, 2.05) is 0 Å². The molecule has 0 aliphatic carbocycles. The Hall–Kier alpha value is -0.0700. The zero-order chi connectivity index (χ0) is 18.5. The molecule has 134 valence electrons. The first-order valence-corrected chi connectivity index (χ1v) is 9.21. The topological polar surface area (TPSA) is 130 Å². The normalized spacial score (nSPS) is 25.9. The van der Waals surface area contributed by atoms with E-state index in [2.05, 4.69) is 5.32 Å². The second-order valence-corrected chi connectivity index (χ2v) is 8.92. The van der Waals surface area contributed by atoms with Crippen molar-refractivity contribution in [2.75, 3.05) is 0 Å². The second kappa shape index (κ2) is 9.17. The third-order valence-corrected chi connectivity index (χ3v) is 6.61. The van der Waals surface area contributed by atoms with E-state index in [-0.39, 0.29) is 64.7 Å². The number of hydrogen-bond acceptors (Lipinski definition) is 8. The number of carboxylic acid groups (broad SMARTS) is 2. The molecule has 3 heterocycles. The number of fused-ring (bicyclic) bond motifs is 1. The van der Waals surface area contributed by atoms with Crippen molar-refractivity contribution in [1.29, 1.82) is 0 Å². The molecule has 2 amide bonds. The maximum Gasteiger partial charge on any atom is 1.00 e. The van der Waals surface area contributed by atoms with Crippen molar-refractivity contribution in [2.24, 2.45) is 0 Å². The molecule has 12 heteroatoms. The van der Waals surface area contributed by atoms with E-state index in [1.165, 1.54) is 39.4 Å². The summed E-state index contributed by atoms with van der Waals surface area (Å²) in [6.07, 6.45) is 0. The first-order valence-electron chi connectivity index (χ1n) is 7.39. The fraction of sp³-hybridized carbons (Fsp3) is 0.467. The smallest absolute Gasteiger partial charge is 0.549 e. The predicted molar refractivity (Wildman–Crippen MR) is 85.1 cm³/mol. The summed E-state index contributed by atoms with van der Waals surface area (Å²) in [7, 11) is 0. The summed E-state index contributed by atoms with van der Waals surface area (Å²) in [4.78, 5) is 48.5. The third-order valence-electron chi connectivity index (χ3n) is 4.34. The molecule has 0 aromatic carbocycles. The number of nitrogens with zero attached hydrogens (tertiary/aromatic N) is 1. The molecular weight excluding hydrogens is 414 g/mol. The summed E-state index contributed by atoms with van der Waals surface area (Å²) in [5.74, 6) is -5.86. The van der Waals surface area contributed by atoms with Crippen LogP contribution in [0.1, 0.15) is 25.3 Å². The first kappa shape index (κ1) is 25.0. The number of thioether (sulfide) groups is 1. The molecule has 0 saturated carbocycles. The van der Waals surface area contributed by atoms with Crippen LogP contribution in [0.5, 0.6) is 0 Å². The van der Waals surface area contributed by atoms with Gasteiger partial charge in [0.15, 0.2) is 0 Å². The summed E-state index contributed by atoms with van der Waals surface area (Å²) in [6.45, 7) is 3.36. The van der Waals surface area contributed by atoms with Crippen molar-refractivity contribution in [3.63, 3.8) is 0 Å². The summed E-state index contributed by atoms with van der Waals surface area (Å²) < 4.78 is -0.778. The monoisotopic (exact) mass is 428 g/mol. The van der Waals surface area contributed by atoms with Crippen molar-refractivity contribution in [2.45, 2.75) is 42.0 Å². The van der Waals surface area contributed by atoms with E-state index in [0.717, 1.165) is 0 Å². The third kappa shape index (κ3) is 4.42. The van der Waals surface area contributed by atoms with E-state index in [4.69, 9.17) is 0 Å². The number of thiophene rings is 1. The van der Waals surface area contributed by atoms with Crippen LogP contribution in [0.4, 0.5) is 0 Å². The molecule has 2 aliphatic rings. The minimum atomic E-state index is -1.56. The zero-order valence-electron chi connectivity index (χ0n) is 15.3. The Labute approximate surface area is 208 Å². The molecule has 2 fully saturated rings. The Balaban J connectivity index is 0.00000182. The van der Waals surface area contributed by atoms with Crippen molar-refractivity contribution in [1.82, 2.24) is 10.2 Å². The molecule has 2 aliphatic heterocycles. The molecule has 1 N–H and O–H groups in total. The van der Waals surface area contributed by atoms with E-state index >= 15 is 0 Å². The minimum absolute atomic E-state index is 0. The van der Waals surface area contributed by atoms with Gasteiger partial charge in [-0.05, 0) is 36.2 Å². The Morgan fingerprint density at radius 2 is 1.89 bits per heavy atom. The van der Waals surface area contributed by atoms with Gasteiger partial charge in [0.1, 0.15) is 17.3 Å². The Morgan fingerprint density at radius 1 is 1.26 bits per heavy atom. The quantitative estimate of drug-likeness (QED) is 0.280. The van der Waals surface area contributed by atoms with Crippen LogP contribution < -0.4 is 74.6 Å². The molecule has 0 unspecified atom stereocenters. The second-order valence-electron chi connectivity index (χ2n) is 6.37. The van der Waals surface area contributed by atoms with Crippen molar-refractivity contribution in [3.05, 3.63) is 22.4 Å². The van der Waals surface area contributed by atoms with Crippen LogP contribution in [0.2, 0.25) is 0 Å². The Morgan fingerprint density at radius 3 is 2.37 bits per heavy atom. The summed E-state index contributed by atoms with van der Waals surface area (Å²) in [5, 5.41) is 27.7. The maximum atomic E-state index is 12.4. The van der Waals surface area contributed by atoms with Crippen LogP contribution in [-0.4, -0.2) is 50.9 Å².